The van der Waals surface area contributed by atoms with E-state index in [1.807, 2.05) is 30.3 Å². The Labute approximate surface area is 157 Å². The number of aromatic hydroxyl groups is 1. The van der Waals surface area contributed by atoms with Crippen LogP contribution in [-0.4, -0.2) is 33.7 Å². The van der Waals surface area contributed by atoms with Crippen molar-refractivity contribution in [2.45, 2.75) is 25.4 Å². The van der Waals surface area contributed by atoms with Crippen LogP contribution in [0.3, 0.4) is 0 Å². The fraction of sp³-hybridized carbons (Fsp3) is 0.238. The van der Waals surface area contributed by atoms with E-state index in [2.05, 4.69) is 5.16 Å². The van der Waals surface area contributed by atoms with Gasteiger partial charge in [-0.1, -0.05) is 47.6 Å². The molecule has 6 nitrogen and oxygen atoms in total. The van der Waals surface area contributed by atoms with Crippen molar-refractivity contribution in [3.05, 3.63) is 71.5 Å². The molecule has 3 aromatic rings. The smallest absolute Gasteiger partial charge is 0.240 e. The third kappa shape index (κ3) is 3.57. The van der Waals surface area contributed by atoms with Gasteiger partial charge in [-0.3, -0.25) is 4.79 Å². The van der Waals surface area contributed by atoms with Gasteiger partial charge in [-0.05, 0) is 24.1 Å². The number of amides is 1. The molecule has 1 aliphatic heterocycles. The van der Waals surface area contributed by atoms with E-state index in [0.717, 1.165) is 28.1 Å². The molecule has 2 aromatic carbocycles. The molecule has 0 aliphatic carbocycles. The van der Waals surface area contributed by atoms with Gasteiger partial charge in [0.15, 0.2) is 0 Å². The van der Waals surface area contributed by atoms with Crippen molar-refractivity contribution in [2.24, 2.45) is 5.73 Å². The van der Waals surface area contributed by atoms with Crippen LogP contribution in [-0.2, 0) is 24.2 Å². The van der Waals surface area contributed by atoms with Crippen molar-refractivity contribution in [2.75, 3.05) is 6.54 Å². The second kappa shape index (κ2) is 7.25. The van der Waals surface area contributed by atoms with Gasteiger partial charge in [-0.2, -0.15) is 0 Å². The van der Waals surface area contributed by atoms with Crippen LogP contribution in [0.2, 0.25) is 0 Å². The van der Waals surface area contributed by atoms with E-state index in [1.54, 1.807) is 29.2 Å². The monoisotopic (exact) mass is 363 g/mol. The van der Waals surface area contributed by atoms with E-state index >= 15 is 0 Å². The van der Waals surface area contributed by atoms with Crippen molar-refractivity contribution < 1.29 is 14.4 Å². The van der Waals surface area contributed by atoms with E-state index < -0.39 is 6.04 Å². The number of rotatable bonds is 4. The zero-order valence-corrected chi connectivity index (χ0v) is 14.8. The molecular weight excluding hydrogens is 342 g/mol. The van der Waals surface area contributed by atoms with Crippen molar-refractivity contribution >= 4 is 5.91 Å². The van der Waals surface area contributed by atoms with Crippen LogP contribution >= 0.6 is 0 Å². The summed E-state index contributed by atoms with van der Waals surface area (Å²) in [6, 6.07) is 16.0. The lowest BCUT2D eigenvalue weighted by Gasteiger charge is -2.28. The fourth-order valence-corrected chi connectivity index (χ4v) is 3.43. The summed E-state index contributed by atoms with van der Waals surface area (Å²) in [6.07, 6.45) is 1.06. The summed E-state index contributed by atoms with van der Waals surface area (Å²) in [5.41, 5.74) is 9.81. The van der Waals surface area contributed by atoms with Crippen molar-refractivity contribution in [1.29, 1.82) is 0 Å². The van der Waals surface area contributed by atoms with Gasteiger partial charge in [0.1, 0.15) is 17.2 Å². The van der Waals surface area contributed by atoms with Gasteiger partial charge in [0.25, 0.3) is 0 Å². The predicted molar refractivity (Wildman–Crippen MR) is 101 cm³/mol. The van der Waals surface area contributed by atoms with Crippen LogP contribution in [0, 0.1) is 0 Å². The fourth-order valence-electron chi connectivity index (χ4n) is 3.43. The summed E-state index contributed by atoms with van der Waals surface area (Å²) in [7, 11) is 0. The van der Waals surface area contributed by atoms with Crippen molar-refractivity contribution in [1.82, 2.24) is 10.1 Å². The van der Waals surface area contributed by atoms with Gasteiger partial charge >= 0.3 is 0 Å². The number of hydrogen-bond donors (Lipinski definition) is 2. The molecule has 4 rings (SSSR count). The molecule has 0 bridgehead atoms. The molecule has 0 saturated carbocycles. The molecule has 2 heterocycles. The van der Waals surface area contributed by atoms with Gasteiger partial charge in [-0.25, -0.2) is 0 Å². The topological polar surface area (TPSA) is 92.6 Å². The van der Waals surface area contributed by atoms with E-state index in [-0.39, 0.29) is 11.7 Å². The molecular formula is C21H21N3O3. The van der Waals surface area contributed by atoms with E-state index in [4.69, 9.17) is 10.3 Å². The Balaban J connectivity index is 1.49. The Hall–Kier alpha value is -3.12. The maximum Gasteiger partial charge on any atom is 0.240 e. The number of benzene rings is 2. The summed E-state index contributed by atoms with van der Waals surface area (Å²) >= 11 is 0. The molecule has 0 radical (unpaired) electrons. The molecule has 27 heavy (non-hydrogen) atoms. The number of nitrogens with two attached hydrogens (primary N) is 1. The minimum atomic E-state index is -0.629. The van der Waals surface area contributed by atoms with Gasteiger partial charge in [0.2, 0.25) is 5.91 Å². The second-order valence-corrected chi connectivity index (χ2v) is 6.79. The lowest BCUT2D eigenvalue weighted by atomic mass is 10.00. The third-order valence-corrected chi connectivity index (χ3v) is 4.90. The minimum Gasteiger partial charge on any atom is -0.508 e. The molecule has 1 atom stereocenters. The molecule has 138 valence electrons. The zero-order chi connectivity index (χ0) is 18.8. The van der Waals surface area contributed by atoms with Crippen LogP contribution in [0.25, 0.3) is 11.3 Å². The van der Waals surface area contributed by atoms with Crippen molar-refractivity contribution in [3.8, 4) is 17.0 Å². The molecule has 0 saturated heterocycles. The maximum absolute atomic E-state index is 12.8. The minimum absolute atomic E-state index is 0.0889. The summed E-state index contributed by atoms with van der Waals surface area (Å²) in [5.74, 6) is 0.946. The van der Waals surface area contributed by atoms with Crippen LogP contribution in [0.1, 0.15) is 16.9 Å². The average molecular weight is 363 g/mol. The Morgan fingerprint density at radius 2 is 1.93 bits per heavy atom. The van der Waals surface area contributed by atoms with Gasteiger partial charge in [0, 0.05) is 24.1 Å². The standard InChI is InChI=1S/C21H21N3O3/c22-18(12-14-6-8-16(25)9-7-14)21(26)24-11-10-19-17(13-24)20(23-27-19)15-4-2-1-3-5-15/h1-9,18,25H,10-13,22H2/t18-/m0/s1. The maximum atomic E-state index is 12.8. The van der Waals surface area contributed by atoms with Crippen molar-refractivity contribution in [3.63, 3.8) is 0 Å². The summed E-state index contributed by atoms with van der Waals surface area (Å²) in [6.45, 7) is 1.02. The number of carbonyl (C=O) groups excluding carboxylic acids is 1. The van der Waals surface area contributed by atoms with E-state index in [9.17, 15) is 9.90 Å². The highest BCUT2D eigenvalue weighted by molar-refractivity contribution is 5.82. The largest absolute Gasteiger partial charge is 0.508 e. The number of carbonyl (C=O) groups is 1. The highest BCUT2D eigenvalue weighted by Gasteiger charge is 2.29. The molecule has 0 fully saturated rings. The molecule has 1 aromatic heterocycles. The first-order valence-electron chi connectivity index (χ1n) is 8.97. The first-order chi connectivity index (χ1) is 13.1. The molecule has 0 unspecified atom stereocenters. The molecule has 0 spiro atoms. The second-order valence-electron chi connectivity index (χ2n) is 6.79. The number of aromatic nitrogens is 1. The Bertz CT molecular complexity index is 935. The van der Waals surface area contributed by atoms with Gasteiger partial charge in [-0.15, -0.1) is 0 Å². The number of hydrogen-bond acceptors (Lipinski definition) is 5. The molecule has 1 amide bonds. The summed E-state index contributed by atoms with van der Waals surface area (Å²) in [5, 5.41) is 13.6. The van der Waals surface area contributed by atoms with Crippen LogP contribution in [0.4, 0.5) is 0 Å². The first-order valence-corrected chi connectivity index (χ1v) is 8.97. The highest BCUT2D eigenvalue weighted by atomic mass is 16.5. The number of phenols is 1. The van der Waals surface area contributed by atoms with Crippen LogP contribution < -0.4 is 5.73 Å². The third-order valence-electron chi connectivity index (χ3n) is 4.90. The van der Waals surface area contributed by atoms with E-state index in [1.165, 1.54) is 0 Å². The normalized spacial score (nSPS) is 14.6. The average Bonchev–Trinajstić information content (AvgIpc) is 3.13. The van der Waals surface area contributed by atoms with Crippen LogP contribution in [0.15, 0.2) is 59.1 Å². The van der Waals surface area contributed by atoms with Crippen LogP contribution in [0.5, 0.6) is 5.75 Å². The highest BCUT2D eigenvalue weighted by Crippen LogP contribution is 2.30. The lowest BCUT2D eigenvalue weighted by molar-refractivity contribution is -0.133. The van der Waals surface area contributed by atoms with Gasteiger partial charge in [0.05, 0.1) is 12.6 Å². The first kappa shape index (κ1) is 17.3. The Morgan fingerprint density at radius 1 is 1.19 bits per heavy atom. The molecule has 3 N–H and O–H groups in total. The number of phenolic OH excluding ortho intramolecular Hbond substituents is 1. The van der Waals surface area contributed by atoms with E-state index in [0.29, 0.717) is 25.9 Å². The summed E-state index contributed by atoms with van der Waals surface area (Å²) in [4.78, 5) is 14.6. The molecule has 6 heteroatoms. The zero-order valence-electron chi connectivity index (χ0n) is 14.8. The lowest BCUT2D eigenvalue weighted by Crippen LogP contribution is -2.46. The Kier molecular flexibility index (Phi) is 4.64. The SMILES string of the molecule is N[C@@H](Cc1ccc(O)cc1)C(=O)N1CCc2onc(-c3ccccc3)c2C1. The number of nitrogens with zero attached hydrogens (tertiary/aromatic N) is 2. The Morgan fingerprint density at radius 3 is 2.67 bits per heavy atom. The predicted octanol–water partition coefficient (Wildman–Crippen LogP) is 2.50. The number of fused-ring (bicyclic) bond motifs is 1. The summed E-state index contributed by atoms with van der Waals surface area (Å²) < 4.78 is 5.49. The van der Waals surface area contributed by atoms with Gasteiger partial charge < -0.3 is 20.3 Å². The quantitative estimate of drug-likeness (QED) is 0.743. The molecule has 1 aliphatic rings.